The van der Waals surface area contributed by atoms with Crippen LogP contribution in [-0.2, 0) is 10.0 Å². The fourth-order valence-corrected chi connectivity index (χ4v) is 4.68. The molecule has 0 aliphatic carbocycles. The van der Waals surface area contributed by atoms with Crippen LogP contribution in [0.4, 0.5) is 5.69 Å². The fraction of sp³-hybridized carbons (Fsp3) is 0.429. The van der Waals surface area contributed by atoms with E-state index in [1.165, 1.54) is 12.1 Å². The maximum atomic E-state index is 12.5. The third kappa shape index (κ3) is 5.40. The predicted octanol–water partition coefficient (Wildman–Crippen LogP) is 2.63. The van der Waals surface area contributed by atoms with Gasteiger partial charge in [-0.2, -0.15) is 5.26 Å². The van der Waals surface area contributed by atoms with Gasteiger partial charge in [-0.25, -0.2) is 13.1 Å². The Labute approximate surface area is 176 Å². The molecule has 1 saturated heterocycles. The van der Waals surface area contributed by atoms with Crippen molar-refractivity contribution in [3.05, 3.63) is 47.7 Å². The Morgan fingerprint density at radius 1 is 1.13 bits per heavy atom. The molecule has 0 radical (unpaired) electrons. The number of furan rings is 1. The Morgan fingerprint density at radius 2 is 1.77 bits per heavy atom. The third-order valence-electron chi connectivity index (χ3n) is 4.70. The smallest absolute Gasteiger partial charge is 0.287 e. The average molecular weight is 431 g/mol. The highest BCUT2D eigenvalue weighted by atomic mass is 32.2. The standard InChI is InChI=1S/C21H26N4O4S/c1-21(2,3)24-30(27,28)19-9-8-18(29-19)20(26)23-16-10-12-25(13-11-16)17-6-4-15(14-22)5-7-17/h4-9,16,24H,10-13H2,1-3H3,(H,23,26). The molecule has 2 N–H and O–H groups in total. The molecule has 160 valence electrons. The van der Waals surface area contributed by atoms with Crippen LogP contribution in [0.25, 0.3) is 0 Å². The van der Waals surface area contributed by atoms with Crippen LogP contribution in [0, 0.1) is 11.3 Å². The van der Waals surface area contributed by atoms with E-state index in [1.54, 1.807) is 32.9 Å². The minimum absolute atomic E-state index is 0.0232. The van der Waals surface area contributed by atoms with Gasteiger partial charge in [-0.15, -0.1) is 0 Å². The summed E-state index contributed by atoms with van der Waals surface area (Å²) < 4.78 is 32.5. The number of nitrogens with one attached hydrogen (secondary N) is 2. The lowest BCUT2D eigenvalue weighted by Crippen LogP contribution is -2.44. The van der Waals surface area contributed by atoms with Gasteiger partial charge in [0.05, 0.1) is 11.6 Å². The van der Waals surface area contributed by atoms with E-state index in [-0.39, 0.29) is 16.9 Å². The molecule has 1 aliphatic rings. The molecule has 1 aliphatic heterocycles. The molecule has 1 fully saturated rings. The second kappa shape index (κ2) is 8.50. The van der Waals surface area contributed by atoms with Gasteiger partial charge in [0.2, 0.25) is 5.09 Å². The van der Waals surface area contributed by atoms with Crippen molar-refractivity contribution in [3.63, 3.8) is 0 Å². The number of anilines is 1. The number of hydrogen-bond acceptors (Lipinski definition) is 6. The molecule has 9 heteroatoms. The van der Waals surface area contributed by atoms with E-state index < -0.39 is 21.5 Å². The summed E-state index contributed by atoms with van der Waals surface area (Å²) >= 11 is 0. The molecule has 2 aromatic rings. The van der Waals surface area contributed by atoms with Crippen LogP contribution in [0.5, 0.6) is 0 Å². The van der Waals surface area contributed by atoms with Crippen molar-refractivity contribution in [2.75, 3.05) is 18.0 Å². The molecule has 0 saturated carbocycles. The zero-order chi connectivity index (χ0) is 21.9. The number of nitriles is 1. The van der Waals surface area contributed by atoms with Crippen molar-refractivity contribution in [1.29, 1.82) is 5.26 Å². The number of carbonyl (C=O) groups excluding carboxylic acids is 1. The molecule has 1 aromatic carbocycles. The molecule has 2 heterocycles. The summed E-state index contributed by atoms with van der Waals surface area (Å²) in [5, 5.41) is 11.5. The maximum absolute atomic E-state index is 12.5. The molecular weight excluding hydrogens is 404 g/mol. The Kier molecular flexibility index (Phi) is 6.19. The number of piperidine rings is 1. The van der Waals surface area contributed by atoms with Crippen LogP contribution in [0.15, 0.2) is 45.9 Å². The Bertz CT molecular complexity index is 1040. The van der Waals surface area contributed by atoms with Crippen LogP contribution in [0.3, 0.4) is 0 Å². The van der Waals surface area contributed by atoms with Gasteiger partial charge in [0.25, 0.3) is 15.9 Å². The first-order chi connectivity index (χ1) is 14.1. The van der Waals surface area contributed by atoms with E-state index in [2.05, 4.69) is 21.0 Å². The molecular formula is C21H26N4O4S. The first kappa shape index (κ1) is 21.9. The minimum Gasteiger partial charge on any atom is -0.438 e. The number of rotatable bonds is 5. The van der Waals surface area contributed by atoms with Crippen LogP contribution in [0.2, 0.25) is 0 Å². The van der Waals surface area contributed by atoms with E-state index in [0.29, 0.717) is 5.56 Å². The Balaban J connectivity index is 1.56. The Hall–Kier alpha value is -2.83. The van der Waals surface area contributed by atoms with Gasteiger partial charge in [-0.3, -0.25) is 4.79 Å². The molecule has 8 nitrogen and oxygen atoms in total. The summed E-state index contributed by atoms with van der Waals surface area (Å²) in [4.78, 5) is 14.7. The topological polar surface area (TPSA) is 115 Å². The fourth-order valence-electron chi connectivity index (χ4n) is 3.33. The first-order valence-electron chi connectivity index (χ1n) is 9.77. The van der Waals surface area contributed by atoms with Crippen LogP contribution >= 0.6 is 0 Å². The van der Waals surface area contributed by atoms with E-state index in [0.717, 1.165) is 31.6 Å². The van der Waals surface area contributed by atoms with Gasteiger partial charge in [0.15, 0.2) is 5.76 Å². The second-order valence-electron chi connectivity index (χ2n) is 8.37. The highest BCUT2D eigenvalue weighted by Gasteiger charge is 2.27. The summed E-state index contributed by atoms with van der Waals surface area (Å²) in [5.41, 5.74) is 1.01. The molecule has 3 rings (SSSR count). The molecule has 0 bridgehead atoms. The SMILES string of the molecule is CC(C)(C)NS(=O)(=O)c1ccc(C(=O)NC2CCN(c3ccc(C#N)cc3)CC2)o1. The molecule has 1 aromatic heterocycles. The molecule has 1 amide bonds. The van der Waals surface area contributed by atoms with Gasteiger partial charge >= 0.3 is 0 Å². The number of benzene rings is 1. The minimum atomic E-state index is -3.83. The number of amides is 1. The molecule has 0 spiro atoms. The predicted molar refractivity (Wildman–Crippen MR) is 113 cm³/mol. The van der Waals surface area contributed by atoms with Crippen molar-refractivity contribution in [1.82, 2.24) is 10.0 Å². The highest BCUT2D eigenvalue weighted by Crippen LogP contribution is 2.21. The van der Waals surface area contributed by atoms with E-state index >= 15 is 0 Å². The second-order valence-corrected chi connectivity index (χ2v) is 9.98. The Morgan fingerprint density at radius 3 is 2.33 bits per heavy atom. The zero-order valence-electron chi connectivity index (χ0n) is 17.3. The maximum Gasteiger partial charge on any atom is 0.287 e. The lowest BCUT2D eigenvalue weighted by atomic mass is 10.0. The molecule has 0 atom stereocenters. The zero-order valence-corrected chi connectivity index (χ0v) is 18.1. The lowest BCUT2D eigenvalue weighted by Gasteiger charge is -2.33. The molecule has 30 heavy (non-hydrogen) atoms. The third-order valence-corrected chi connectivity index (χ3v) is 6.33. The van der Waals surface area contributed by atoms with Crippen molar-refractivity contribution < 1.29 is 17.6 Å². The van der Waals surface area contributed by atoms with Crippen molar-refractivity contribution in [2.24, 2.45) is 0 Å². The summed E-state index contributed by atoms with van der Waals surface area (Å²) in [6, 6.07) is 12.2. The van der Waals surface area contributed by atoms with Crippen molar-refractivity contribution in [2.45, 2.75) is 50.3 Å². The van der Waals surface area contributed by atoms with Gasteiger partial charge in [-0.05, 0) is 70.0 Å². The largest absolute Gasteiger partial charge is 0.438 e. The van der Waals surface area contributed by atoms with E-state index in [4.69, 9.17) is 9.68 Å². The van der Waals surface area contributed by atoms with Gasteiger partial charge in [0.1, 0.15) is 0 Å². The summed E-state index contributed by atoms with van der Waals surface area (Å²) in [7, 11) is -3.83. The van der Waals surface area contributed by atoms with Crippen LogP contribution in [0.1, 0.15) is 49.7 Å². The molecule has 0 unspecified atom stereocenters. The lowest BCUT2D eigenvalue weighted by molar-refractivity contribution is 0.0897. The average Bonchev–Trinajstić information content (AvgIpc) is 3.18. The summed E-state index contributed by atoms with van der Waals surface area (Å²) in [6.07, 6.45) is 1.51. The number of carbonyl (C=O) groups is 1. The van der Waals surface area contributed by atoms with E-state index in [9.17, 15) is 13.2 Å². The van der Waals surface area contributed by atoms with Crippen molar-refractivity contribution in [3.8, 4) is 6.07 Å². The first-order valence-corrected chi connectivity index (χ1v) is 11.3. The monoisotopic (exact) mass is 430 g/mol. The van der Waals surface area contributed by atoms with Crippen LogP contribution < -0.4 is 14.9 Å². The van der Waals surface area contributed by atoms with Gasteiger partial charge < -0.3 is 14.6 Å². The quantitative estimate of drug-likeness (QED) is 0.753. The van der Waals surface area contributed by atoms with Gasteiger partial charge in [-0.1, -0.05) is 0 Å². The normalized spacial score (nSPS) is 15.6. The number of hydrogen-bond donors (Lipinski definition) is 2. The van der Waals surface area contributed by atoms with Crippen LogP contribution in [-0.4, -0.2) is 39.0 Å². The number of nitrogens with zero attached hydrogens (tertiary/aromatic N) is 2. The van der Waals surface area contributed by atoms with Gasteiger partial charge in [0, 0.05) is 30.4 Å². The highest BCUT2D eigenvalue weighted by molar-refractivity contribution is 7.89. The van der Waals surface area contributed by atoms with Crippen molar-refractivity contribution >= 4 is 21.6 Å². The number of sulfonamides is 1. The summed E-state index contributed by atoms with van der Waals surface area (Å²) in [5.74, 6) is -0.456. The summed E-state index contributed by atoms with van der Waals surface area (Å²) in [6.45, 7) is 6.72. The van der Waals surface area contributed by atoms with E-state index in [1.807, 2.05) is 12.1 Å².